The minimum absolute atomic E-state index is 0.0181. The lowest BCUT2D eigenvalue weighted by Crippen LogP contribution is -2.36. The number of rotatable bonds is 5. The molecule has 29 heavy (non-hydrogen) atoms. The van der Waals surface area contributed by atoms with Crippen LogP contribution in [0, 0.1) is 0 Å². The third kappa shape index (κ3) is 4.47. The lowest BCUT2D eigenvalue weighted by molar-refractivity contribution is -0.133. The molecular weight excluding hydrogens is 366 g/mol. The number of hydrogen-bond donors (Lipinski definition) is 2. The van der Waals surface area contributed by atoms with Crippen molar-refractivity contribution < 1.29 is 14.4 Å². The molecule has 0 aliphatic carbocycles. The van der Waals surface area contributed by atoms with E-state index in [1.165, 1.54) is 0 Å². The smallest absolute Gasteiger partial charge is 0.228 e. The Kier molecular flexibility index (Phi) is 5.60. The molecule has 1 unspecified atom stereocenters. The number of nitrogens with zero attached hydrogens (tertiary/aromatic N) is 1. The minimum atomic E-state index is -0.219. The van der Waals surface area contributed by atoms with E-state index in [2.05, 4.69) is 16.7 Å². The van der Waals surface area contributed by atoms with Crippen LogP contribution in [0.25, 0.3) is 0 Å². The molecule has 3 amide bonds. The molecule has 150 valence electrons. The number of amides is 3. The molecular formula is C23H25N3O3. The quantitative estimate of drug-likeness (QED) is 0.822. The Morgan fingerprint density at radius 2 is 1.90 bits per heavy atom. The molecule has 2 N–H and O–H groups in total. The summed E-state index contributed by atoms with van der Waals surface area (Å²) in [6.07, 6.45) is 2.68. The van der Waals surface area contributed by atoms with Crippen LogP contribution in [0.1, 0.15) is 42.0 Å². The molecule has 1 fully saturated rings. The fourth-order valence-electron chi connectivity index (χ4n) is 4.13. The zero-order valence-corrected chi connectivity index (χ0v) is 16.3. The number of carbonyl (C=O) groups is 3. The Morgan fingerprint density at radius 1 is 1.07 bits per heavy atom. The SMILES string of the molecule is O=C1CC(c2ccccc2)N(C(=O)CCCc2ccc3c(c2)CC(=O)N3)CCN1. The second kappa shape index (κ2) is 8.47. The monoisotopic (exact) mass is 391 g/mol. The first-order valence-electron chi connectivity index (χ1n) is 10.1. The van der Waals surface area contributed by atoms with Gasteiger partial charge in [0, 0.05) is 25.2 Å². The number of hydrogen-bond acceptors (Lipinski definition) is 3. The summed E-state index contributed by atoms with van der Waals surface area (Å²) in [5.41, 5.74) is 4.05. The van der Waals surface area contributed by atoms with Crippen LogP contribution in [0.15, 0.2) is 48.5 Å². The van der Waals surface area contributed by atoms with E-state index < -0.39 is 0 Å². The normalized spacial score (nSPS) is 18.6. The van der Waals surface area contributed by atoms with Gasteiger partial charge in [-0.05, 0) is 35.6 Å². The third-order valence-electron chi connectivity index (χ3n) is 5.59. The predicted octanol–water partition coefficient (Wildman–Crippen LogP) is 2.59. The van der Waals surface area contributed by atoms with Crippen LogP contribution in [-0.2, 0) is 27.2 Å². The number of nitrogens with one attached hydrogen (secondary N) is 2. The van der Waals surface area contributed by atoms with Crippen LogP contribution in [0.3, 0.4) is 0 Å². The van der Waals surface area contributed by atoms with Crippen molar-refractivity contribution in [3.63, 3.8) is 0 Å². The topological polar surface area (TPSA) is 78.5 Å². The molecule has 4 rings (SSSR count). The summed E-state index contributed by atoms with van der Waals surface area (Å²) >= 11 is 0. The lowest BCUT2D eigenvalue weighted by Gasteiger charge is -2.29. The molecule has 2 aromatic rings. The van der Waals surface area contributed by atoms with Crippen molar-refractivity contribution in [1.82, 2.24) is 10.2 Å². The zero-order chi connectivity index (χ0) is 20.2. The van der Waals surface area contributed by atoms with Crippen molar-refractivity contribution in [3.8, 4) is 0 Å². The Labute approximate surface area is 170 Å². The fraction of sp³-hybridized carbons (Fsp3) is 0.348. The van der Waals surface area contributed by atoms with Crippen molar-refractivity contribution >= 4 is 23.4 Å². The van der Waals surface area contributed by atoms with E-state index in [1.54, 1.807) is 0 Å². The molecule has 2 heterocycles. The van der Waals surface area contributed by atoms with Gasteiger partial charge in [0.1, 0.15) is 0 Å². The Hall–Kier alpha value is -3.15. The Bertz CT molecular complexity index is 926. The van der Waals surface area contributed by atoms with Crippen molar-refractivity contribution in [3.05, 3.63) is 65.2 Å². The number of fused-ring (bicyclic) bond motifs is 1. The molecule has 2 aliphatic rings. The highest BCUT2D eigenvalue weighted by Gasteiger charge is 2.29. The maximum atomic E-state index is 13.0. The summed E-state index contributed by atoms with van der Waals surface area (Å²) in [6.45, 7) is 1.01. The van der Waals surface area contributed by atoms with Crippen molar-refractivity contribution in [2.45, 2.75) is 38.1 Å². The molecule has 0 aromatic heterocycles. The molecule has 0 bridgehead atoms. The molecule has 1 atom stereocenters. The van der Waals surface area contributed by atoms with Gasteiger partial charge in [-0.2, -0.15) is 0 Å². The first kappa shape index (κ1) is 19.2. The highest BCUT2D eigenvalue weighted by atomic mass is 16.2. The predicted molar refractivity (Wildman–Crippen MR) is 110 cm³/mol. The van der Waals surface area contributed by atoms with E-state index in [9.17, 15) is 14.4 Å². The number of carbonyl (C=O) groups excluding carboxylic acids is 3. The molecule has 0 radical (unpaired) electrons. The summed E-state index contributed by atoms with van der Waals surface area (Å²) in [5.74, 6) is 0.0902. The van der Waals surface area contributed by atoms with Gasteiger partial charge >= 0.3 is 0 Å². The second-order valence-corrected chi connectivity index (χ2v) is 7.64. The standard InChI is InChI=1S/C23H25N3O3/c27-21-15-20(17-6-2-1-3-7-17)26(12-11-24-21)23(29)8-4-5-16-9-10-19-18(13-16)14-22(28)25-19/h1-3,6-7,9-10,13,20H,4-5,8,11-12,14-15H2,(H,24,27)(H,25,28). The van der Waals surface area contributed by atoms with Gasteiger partial charge in [0.25, 0.3) is 0 Å². The number of aryl methyl sites for hydroxylation is 1. The van der Waals surface area contributed by atoms with Gasteiger partial charge in [-0.3, -0.25) is 14.4 Å². The van der Waals surface area contributed by atoms with E-state index in [0.29, 0.717) is 32.4 Å². The number of anilines is 1. The summed E-state index contributed by atoms with van der Waals surface area (Å²) < 4.78 is 0. The average Bonchev–Trinajstić information content (AvgIpc) is 2.97. The van der Waals surface area contributed by atoms with Crippen LogP contribution in [0.5, 0.6) is 0 Å². The lowest BCUT2D eigenvalue weighted by atomic mass is 10.0. The molecule has 6 heteroatoms. The van der Waals surface area contributed by atoms with Gasteiger partial charge in [-0.1, -0.05) is 42.5 Å². The van der Waals surface area contributed by atoms with E-state index in [1.807, 2.05) is 47.4 Å². The Morgan fingerprint density at radius 3 is 2.72 bits per heavy atom. The highest BCUT2D eigenvalue weighted by Crippen LogP contribution is 2.27. The van der Waals surface area contributed by atoms with Gasteiger partial charge in [-0.15, -0.1) is 0 Å². The first-order chi connectivity index (χ1) is 14.1. The molecule has 2 aromatic carbocycles. The van der Waals surface area contributed by atoms with E-state index in [0.717, 1.165) is 35.2 Å². The Balaban J connectivity index is 1.39. The maximum absolute atomic E-state index is 13.0. The minimum Gasteiger partial charge on any atom is -0.354 e. The molecule has 2 aliphatic heterocycles. The van der Waals surface area contributed by atoms with Gasteiger partial charge in [0.2, 0.25) is 17.7 Å². The molecule has 1 saturated heterocycles. The highest BCUT2D eigenvalue weighted by molar-refractivity contribution is 5.99. The van der Waals surface area contributed by atoms with Crippen LogP contribution in [-0.4, -0.2) is 35.7 Å². The van der Waals surface area contributed by atoms with Crippen molar-refractivity contribution in [1.29, 1.82) is 0 Å². The number of benzene rings is 2. The zero-order valence-electron chi connectivity index (χ0n) is 16.3. The molecule has 0 spiro atoms. The summed E-state index contributed by atoms with van der Waals surface area (Å²) in [6, 6.07) is 15.6. The summed E-state index contributed by atoms with van der Waals surface area (Å²) in [4.78, 5) is 38.4. The summed E-state index contributed by atoms with van der Waals surface area (Å²) in [5, 5.41) is 5.71. The van der Waals surface area contributed by atoms with Crippen LogP contribution < -0.4 is 10.6 Å². The van der Waals surface area contributed by atoms with E-state index in [4.69, 9.17) is 0 Å². The largest absolute Gasteiger partial charge is 0.354 e. The third-order valence-corrected chi connectivity index (χ3v) is 5.59. The van der Waals surface area contributed by atoms with Crippen molar-refractivity contribution in [2.75, 3.05) is 18.4 Å². The van der Waals surface area contributed by atoms with Crippen molar-refractivity contribution in [2.24, 2.45) is 0 Å². The van der Waals surface area contributed by atoms with Crippen LogP contribution >= 0.6 is 0 Å². The molecule has 0 saturated carbocycles. The van der Waals surface area contributed by atoms with Gasteiger partial charge in [0.15, 0.2) is 0 Å². The van der Waals surface area contributed by atoms with E-state index in [-0.39, 0.29) is 23.8 Å². The molecule has 6 nitrogen and oxygen atoms in total. The van der Waals surface area contributed by atoms with Gasteiger partial charge in [-0.25, -0.2) is 0 Å². The summed E-state index contributed by atoms with van der Waals surface area (Å²) in [7, 11) is 0. The fourth-order valence-corrected chi connectivity index (χ4v) is 4.13. The second-order valence-electron chi connectivity index (χ2n) is 7.64. The van der Waals surface area contributed by atoms with Gasteiger partial charge < -0.3 is 15.5 Å². The average molecular weight is 391 g/mol. The van der Waals surface area contributed by atoms with E-state index >= 15 is 0 Å². The van der Waals surface area contributed by atoms with Crippen LogP contribution in [0.4, 0.5) is 5.69 Å². The first-order valence-corrected chi connectivity index (χ1v) is 10.1. The van der Waals surface area contributed by atoms with Crippen LogP contribution in [0.2, 0.25) is 0 Å². The maximum Gasteiger partial charge on any atom is 0.228 e. The van der Waals surface area contributed by atoms with Gasteiger partial charge in [0.05, 0.1) is 18.9 Å².